The van der Waals surface area contributed by atoms with Crippen LogP contribution in [0.4, 0.5) is 9.52 Å². The molecular weight excluding hydrogens is 535 g/mol. The first kappa shape index (κ1) is 28.9. The Balaban J connectivity index is 1.79. The Morgan fingerprint density at radius 3 is 2.50 bits per heavy atom. The molecule has 10 heteroatoms. The second-order valence-corrected chi connectivity index (χ2v) is 10.8. The normalized spacial score (nSPS) is 16.6. The van der Waals surface area contributed by atoms with E-state index in [1.165, 1.54) is 18.2 Å². The van der Waals surface area contributed by atoms with Crippen LogP contribution < -0.4 is 9.64 Å². The van der Waals surface area contributed by atoms with Crippen molar-refractivity contribution >= 4 is 39.9 Å². The fourth-order valence-corrected chi connectivity index (χ4v) is 5.19. The molecule has 210 valence electrons. The molecular formula is C30H31FN2O6S. The predicted molar refractivity (Wildman–Crippen MR) is 150 cm³/mol. The van der Waals surface area contributed by atoms with Gasteiger partial charge in [-0.15, -0.1) is 0 Å². The summed E-state index contributed by atoms with van der Waals surface area (Å²) in [4.78, 5) is 45.0. The Kier molecular flexibility index (Phi) is 8.99. The predicted octanol–water partition coefficient (Wildman–Crippen LogP) is 6.21. The molecule has 1 N–H and O–H groups in total. The van der Waals surface area contributed by atoms with Crippen molar-refractivity contribution < 1.29 is 33.4 Å². The fourth-order valence-electron chi connectivity index (χ4n) is 4.20. The van der Waals surface area contributed by atoms with Gasteiger partial charge < -0.3 is 14.6 Å². The van der Waals surface area contributed by atoms with Crippen LogP contribution in [0.3, 0.4) is 0 Å². The maximum absolute atomic E-state index is 15.2. The number of benzene rings is 2. The van der Waals surface area contributed by atoms with Gasteiger partial charge in [0.05, 0.1) is 24.5 Å². The van der Waals surface area contributed by atoms with Crippen molar-refractivity contribution in [2.45, 2.75) is 46.6 Å². The van der Waals surface area contributed by atoms with Gasteiger partial charge in [0.2, 0.25) is 0 Å². The zero-order chi connectivity index (χ0) is 29.0. The number of halogens is 1. The molecule has 1 amide bonds. The number of nitrogens with zero attached hydrogens (tertiary/aromatic N) is 2. The molecule has 0 unspecified atom stereocenters. The van der Waals surface area contributed by atoms with Gasteiger partial charge in [-0.05, 0) is 49.6 Å². The van der Waals surface area contributed by atoms with Crippen molar-refractivity contribution in [2.75, 3.05) is 18.1 Å². The summed E-state index contributed by atoms with van der Waals surface area (Å²) in [6.07, 6.45) is 1.87. The average molecular weight is 567 g/mol. The summed E-state index contributed by atoms with van der Waals surface area (Å²) in [6.45, 7) is 8.19. The summed E-state index contributed by atoms with van der Waals surface area (Å²) < 4.78 is 26.1. The molecule has 0 aliphatic carbocycles. The van der Waals surface area contributed by atoms with Crippen LogP contribution in [0, 0.1) is 18.7 Å². The van der Waals surface area contributed by atoms with Crippen molar-refractivity contribution in [1.82, 2.24) is 4.98 Å². The average Bonchev–Trinajstić information content (AvgIpc) is 3.44. The minimum Gasteiger partial charge on any atom is -0.507 e. The van der Waals surface area contributed by atoms with Crippen molar-refractivity contribution in [2.24, 2.45) is 5.92 Å². The number of hydrogen-bond acceptors (Lipinski definition) is 8. The van der Waals surface area contributed by atoms with Gasteiger partial charge in [0.15, 0.2) is 5.13 Å². The van der Waals surface area contributed by atoms with E-state index in [0.29, 0.717) is 18.1 Å². The van der Waals surface area contributed by atoms with E-state index in [1.807, 2.05) is 13.8 Å². The number of carbonyl (C=O) groups is 3. The van der Waals surface area contributed by atoms with Crippen molar-refractivity contribution in [3.05, 3.63) is 81.6 Å². The van der Waals surface area contributed by atoms with E-state index in [9.17, 15) is 19.5 Å². The first-order valence-corrected chi connectivity index (χ1v) is 13.9. The maximum Gasteiger partial charge on any atom is 0.350 e. The largest absolute Gasteiger partial charge is 0.507 e. The molecule has 1 aliphatic rings. The quantitative estimate of drug-likeness (QED) is 0.102. The summed E-state index contributed by atoms with van der Waals surface area (Å²) in [5.41, 5.74) is 0.281. The third-order valence-corrected chi connectivity index (χ3v) is 7.40. The molecule has 0 spiro atoms. The highest BCUT2D eigenvalue weighted by atomic mass is 32.1. The second kappa shape index (κ2) is 12.4. The van der Waals surface area contributed by atoms with Crippen LogP contribution in [0.2, 0.25) is 0 Å². The van der Waals surface area contributed by atoms with Crippen LogP contribution in [0.25, 0.3) is 5.76 Å². The molecule has 1 aromatic heterocycles. The minimum atomic E-state index is -1.31. The lowest BCUT2D eigenvalue weighted by Crippen LogP contribution is -2.29. The lowest BCUT2D eigenvalue weighted by molar-refractivity contribution is -0.132. The summed E-state index contributed by atoms with van der Waals surface area (Å²) in [7, 11) is 0. The molecule has 4 rings (SSSR count). The lowest BCUT2D eigenvalue weighted by Gasteiger charge is -2.23. The van der Waals surface area contributed by atoms with Gasteiger partial charge in [-0.2, -0.15) is 0 Å². The molecule has 0 bridgehead atoms. The van der Waals surface area contributed by atoms with Gasteiger partial charge in [-0.3, -0.25) is 14.5 Å². The molecule has 1 fully saturated rings. The van der Waals surface area contributed by atoms with Crippen LogP contribution in [0.1, 0.15) is 66.1 Å². The number of aryl methyl sites for hydroxylation is 1. The van der Waals surface area contributed by atoms with E-state index >= 15 is 4.39 Å². The Hall–Kier alpha value is -4.05. The van der Waals surface area contributed by atoms with Gasteiger partial charge in [0, 0.05) is 11.1 Å². The second-order valence-electron chi connectivity index (χ2n) is 9.82. The number of esters is 1. The first-order valence-electron chi connectivity index (χ1n) is 13.1. The molecule has 40 heavy (non-hydrogen) atoms. The molecule has 0 saturated carbocycles. The van der Waals surface area contributed by atoms with Gasteiger partial charge in [0.1, 0.15) is 28.2 Å². The third-order valence-electron chi connectivity index (χ3n) is 6.26. The van der Waals surface area contributed by atoms with E-state index in [1.54, 1.807) is 37.3 Å². The Bertz CT molecular complexity index is 1450. The first-order chi connectivity index (χ1) is 19.1. The van der Waals surface area contributed by atoms with E-state index in [2.05, 4.69) is 11.9 Å². The molecule has 1 aliphatic heterocycles. The van der Waals surface area contributed by atoms with Crippen LogP contribution >= 0.6 is 11.3 Å². The maximum atomic E-state index is 15.2. The SMILES string of the molecule is CCCCOc1ccc(C(O)=C2C(=O)C(=O)N(c3nc(C)c(C(=O)OCC(C)C)s3)[C@H]2c2ccccc2F)cc1. The Labute approximate surface area is 236 Å². The van der Waals surface area contributed by atoms with E-state index in [0.717, 1.165) is 29.1 Å². The number of Topliss-reactive ketones (excluding diaryl/α,β-unsaturated/α-hetero) is 1. The number of aliphatic hydroxyl groups excluding tert-OH is 1. The van der Waals surface area contributed by atoms with Gasteiger partial charge in [-0.25, -0.2) is 14.2 Å². The van der Waals surface area contributed by atoms with Crippen molar-refractivity contribution in [3.63, 3.8) is 0 Å². The summed E-state index contributed by atoms with van der Waals surface area (Å²) in [5.74, 6) is -3.01. The molecule has 0 radical (unpaired) electrons. The number of ketones is 1. The van der Waals surface area contributed by atoms with Crippen LogP contribution in [0.5, 0.6) is 5.75 Å². The standard InChI is InChI=1S/C30H31FN2O6S/c1-5-6-15-38-20-13-11-19(12-14-20)25(34)23-24(21-9-7-8-10-22(21)31)33(28(36)26(23)35)30-32-18(4)27(40-30)29(37)39-16-17(2)3/h7-14,17,24,34H,5-6,15-16H2,1-4H3/t24-/m0/s1. The zero-order valence-corrected chi connectivity index (χ0v) is 23.6. The number of anilines is 1. The smallest absolute Gasteiger partial charge is 0.350 e. The van der Waals surface area contributed by atoms with Gasteiger partial charge in [-0.1, -0.05) is 56.7 Å². The fraction of sp³-hybridized carbons (Fsp3) is 0.333. The number of aromatic nitrogens is 1. The third kappa shape index (κ3) is 5.91. The number of unbranched alkanes of at least 4 members (excludes halogenated alkanes) is 1. The van der Waals surface area contributed by atoms with Crippen LogP contribution in [-0.2, 0) is 14.3 Å². The number of aliphatic hydroxyl groups is 1. The Morgan fingerprint density at radius 1 is 1.15 bits per heavy atom. The molecule has 3 aromatic rings. The summed E-state index contributed by atoms with van der Waals surface area (Å²) in [6, 6.07) is 10.8. The van der Waals surface area contributed by atoms with Crippen LogP contribution in [-0.4, -0.2) is 41.0 Å². The Morgan fingerprint density at radius 2 is 1.85 bits per heavy atom. The highest BCUT2D eigenvalue weighted by molar-refractivity contribution is 7.17. The van der Waals surface area contributed by atoms with Crippen molar-refractivity contribution in [3.8, 4) is 5.75 Å². The van der Waals surface area contributed by atoms with Crippen molar-refractivity contribution in [1.29, 1.82) is 0 Å². The number of ether oxygens (including phenoxy) is 2. The van der Waals surface area contributed by atoms with Crippen LogP contribution in [0.15, 0.2) is 54.1 Å². The zero-order valence-electron chi connectivity index (χ0n) is 22.8. The number of carbonyl (C=O) groups excluding carboxylic acids is 3. The summed E-state index contributed by atoms with van der Waals surface area (Å²) in [5, 5.41) is 11.3. The molecule has 8 nitrogen and oxygen atoms in total. The van der Waals surface area contributed by atoms with E-state index < -0.39 is 35.3 Å². The molecule has 1 atom stereocenters. The topological polar surface area (TPSA) is 106 Å². The summed E-state index contributed by atoms with van der Waals surface area (Å²) >= 11 is 0.872. The highest BCUT2D eigenvalue weighted by Gasteiger charge is 2.49. The monoisotopic (exact) mass is 566 g/mol. The van der Waals surface area contributed by atoms with Gasteiger partial charge >= 0.3 is 11.9 Å². The lowest BCUT2D eigenvalue weighted by atomic mass is 9.95. The number of hydrogen-bond donors (Lipinski definition) is 1. The minimum absolute atomic E-state index is 0.000411. The van der Waals surface area contributed by atoms with Gasteiger partial charge in [0.25, 0.3) is 5.78 Å². The van der Waals surface area contributed by atoms with E-state index in [4.69, 9.17) is 9.47 Å². The number of thiazole rings is 1. The molecule has 1 saturated heterocycles. The highest BCUT2D eigenvalue weighted by Crippen LogP contribution is 2.44. The van der Waals surface area contributed by atoms with E-state index in [-0.39, 0.29) is 39.2 Å². The molecule has 2 heterocycles. The number of amides is 1. The number of rotatable bonds is 10. The molecule has 2 aromatic carbocycles.